The molecular weight excluding hydrogens is 206 g/mol. The highest BCUT2D eigenvalue weighted by Crippen LogP contribution is 2.37. The lowest BCUT2D eigenvalue weighted by Gasteiger charge is -2.24. The molecule has 16 heavy (non-hydrogen) atoms. The van der Waals surface area contributed by atoms with E-state index in [-0.39, 0.29) is 11.8 Å². The molecule has 0 aliphatic heterocycles. The van der Waals surface area contributed by atoms with E-state index in [9.17, 15) is 9.59 Å². The summed E-state index contributed by atoms with van der Waals surface area (Å²) in [4.78, 5) is 25.0. The van der Waals surface area contributed by atoms with Crippen LogP contribution >= 0.6 is 0 Å². The maximum atomic E-state index is 12.1. The van der Waals surface area contributed by atoms with Gasteiger partial charge in [0.2, 0.25) is 5.91 Å². The fourth-order valence-corrected chi connectivity index (χ4v) is 2.61. The lowest BCUT2D eigenvalue weighted by atomic mass is 9.95. The predicted molar refractivity (Wildman–Crippen MR) is 60.9 cm³/mol. The van der Waals surface area contributed by atoms with Crippen LogP contribution in [0.25, 0.3) is 0 Å². The first-order valence-electron chi connectivity index (χ1n) is 6.02. The van der Waals surface area contributed by atoms with Crippen LogP contribution in [0.3, 0.4) is 0 Å². The number of carbonyl (C=O) groups is 2. The summed E-state index contributed by atoms with van der Waals surface area (Å²) in [6.07, 6.45) is 1.35. The average molecular weight is 227 g/mol. The second kappa shape index (κ2) is 5.32. The number of carboxylic acid groups (broad SMARTS) is 1. The molecule has 0 bridgehead atoms. The molecule has 4 nitrogen and oxygen atoms in total. The Morgan fingerprint density at radius 1 is 1.19 bits per heavy atom. The van der Waals surface area contributed by atoms with Crippen molar-refractivity contribution >= 4 is 11.9 Å². The first kappa shape index (κ1) is 13.0. The third kappa shape index (κ3) is 2.54. The van der Waals surface area contributed by atoms with Gasteiger partial charge in [-0.15, -0.1) is 0 Å². The molecule has 1 N–H and O–H groups in total. The lowest BCUT2D eigenvalue weighted by molar-refractivity contribution is -0.149. The Bertz CT molecular complexity index is 273. The number of amides is 1. The average Bonchev–Trinajstić information content (AvgIpc) is 2.62. The summed E-state index contributed by atoms with van der Waals surface area (Å²) in [5.41, 5.74) is 0. The Morgan fingerprint density at radius 3 is 2.12 bits per heavy atom. The number of hydrogen-bond acceptors (Lipinski definition) is 2. The maximum Gasteiger partial charge on any atom is 0.307 e. The predicted octanol–water partition coefficient (Wildman–Crippen LogP) is 1.60. The van der Waals surface area contributed by atoms with Gasteiger partial charge in [0.05, 0.1) is 11.8 Å². The Morgan fingerprint density at radius 2 is 1.69 bits per heavy atom. The molecule has 1 fully saturated rings. The minimum Gasteiger partial charge on any atom is -0.481 e. The molecule has 0 heterocycles. The highest BCUT2D eigenvalue weighted by atomic mass is 16.4. The van der Waals surface area contributed by atoms with Crippen LogP contribution in [0.5, 0.6) is 0 Å². The van der Waals surface area contributed by atoms with Crippen molar-refractivity contribution in [1.29, 1.82) is 0 Å². The van der Waals surface area contributed by atoms with Crippen LogP contribution in [0, 0.1) is 17.8 Å². The third-order valence-corrected chi connectivity index (χ3v) is 3.51. The minimum atomic E-state index is -0.824. The molecule has 1 amide bonds. The zero-order chi connectivity index (χ0) is 12.3. The van der Waals surface area contributed by atoms with E-state index in [1.807, 2.05) is 20.8 Å². The Kier molecular flexibility index (Phi) is 4.33. The summed E-state index contributed by atoms with van der Waals surface area (Å²) in [6.45, 7) is 7.19. The molecule has 0 aromatic carbocycles. The monoisotopic (exact) mass is 227 g/mol. The van der Waals surface area contributed by atoms with E-state index in [4.69, 9.17) is 5.11 Å². The van der Waals surface area contributed by atoms with Crippen LogP contribution in [0.1, 0.15) is 33.6 Å². The molecule has 1 aliphatic rings. The first-order chi connectivity index (χ1) is 7.51. The summed E-state index contributed by atoms with van der Waals surface area (Å²) in [7, 11) is 0. The van der Waals surface area contributed by atoms with Gasteiger partial charge >= 0.3 is 5.97 Å². The van der Waals surface area contributed by atoms with Gasteiger partial charge < -0.3 is 10.0 Å². The Labute approximate surface area is 96.6 Å². The zero-order valence-electron chi connectivity index (χ0n) is 10.3. The fourth-order valence-electron chi connectivity index (χ4n) is 2.61. The van der Waals surface area contributed by atoms with Crippen molar-refractivity contribution in [2.75, 3.05) is 13.1 Å². The molecule has 1 saturated carbocycles. The van der Waals surface area contributed by atoms with Crippen LogP contribution in [0.15, 0.2) is 0 Å². The fraction of sp³-hybridized carbons (Fsp3) is 0.833. The van der Waals surface area contributed by atoms with Gasteiger partial charge in [-0.3, -0.25) is 9.59 Å². The van der Waals surface area contributed by atoms with Crippen molar-refractivity contribution < 1.29 is 14.7 Å². The Hall–Kier alpha value is -1.06. The van der Waals surface area contributed by atoms with Crippen molar-refractivity contribution in [3.8, 4) is 0 Å². The van der Waals surface area contributed by atoms with Gasteiger partial charge in [0.15, 0.2) is 0 Å². The normalized spacial score (nSPS) is 29.1. The lowest BCUT2D eigenvalue weighted by Crippen LogP contribution is -2.39. The van der Waals surface area contributed by atoms with Gasteiger partial charge in [-0.2, -0.15) is 0 Å². The molecule has 1 aliphatic carbocycles. The van der Waals surface area contributed by atoms with Gasteiger partial charge in [-0.1, -0.05) is 6.92 Å². The van der Waals surface area contributed by atoms with Gasteiger partial charge in [-0.25, -0.2) is 0 Å². The molecule has 0 spiro atoms. The number of rotatable bonds is 4. The van der Waals surface area contributed by atoms with E-state index in [1.165, 1.54) is 0 Å². The van der Waals surface area contributed by atoms with Gasteiger partial charge in [0.1, 0.15) is 0 Å². The van der Waals surface area contributed by atoms with Crippen molar-refractivity contribution in [3.05, 3.63) is 0 Å². The molecule has 92 valence electrons. The number of carboxylic acids is 1. The second-order valence-corrected chi connectivity index (χ2v) is 4.64. The summed E-state index contributed by atoms with van der Waals surface area (Å²) in [5.74, 6) is -1.27. The van der Waals surface area contributed by atoms with Crippen LogP contribution in [-0.4, -0.2) is 35.0 Å². The van der Waals surface area contributed by atoms with Crippen molar-refractivity contribution in [2.45, 2.75) is 33.6 Å². The van der Waals surface area contributed by atoms with Crippen LogP contribution in [0.2, 0.25) is 0 Å². The van der Waals surface area contributed by atoms with E-state index in [0.717, 1.165) is 0 Å². The highest BCUT2D eigenvalue weighted by Gasteiger charge is 2.42. The molecule has 0 aromatic heterocycles. The van der Waals surface area contributed by atoms with E-state index in [1.54, 1.807) is 4.90 Å². The van der Waals surface area contributed by atoms with Gasteiger partial charge in [0.25, 0.3) is 0 Å². The van der Waals surface area contributed by atoms with Crippen LogP contribution in [-0.2, 0) is 9.59 Å². The van der Waals surface area contributed by atoms with Crippen molar-refractivity contribution in [3.63, 3.8) is 0 Å². The number of hydrogen-bond donors (Lipinski definition) is 1. The second-order valence-electron chi connectivity index (χ2n) is 4.64. The van der Waals surface area contributed by atoms with E-state index >= 15 is 0 Å². The van der Waals surface area contributed by atoms with Crippen molar-refractivity contribution in [1.82, 2.24) is 4.90 Å². The third-order valence-electron chi connectivity index (χ3n) is 3.51. The number of aliphatic carboxylic acids is 1. The van der Waals surface area contributed by atoms with E-state index < -0.39 is 11.9 Å². The van der Waals surface area contributed by atoms with Crippen molar-refractivity contribution in [2.24, 2.45) is 17.8 Å². The molecule has 0 aromatic rings. The maximum absolute atomic E-state index is 12.1. The molecule has 3 unspecified atom stereocenters. The largest absolute Gasteiger partial charge is 0.481 e. The molecule has 0 saturated heterocycles. The molecule has 1 rings (SSSR count). The van der Waals surface area contributed by atoms with E-state index in [2.05, 4.69) is 0 Å². The summed E-state index contributed by atoms with van der Waals surface area (Å²) in [5, 5.41) is 9.11. The zero-order valence-corrected chi connectivity index (χ0v) is 10.3. The molecular formula is C12H21NO3. The number of carbonyl (C=O) groups excluding carboxylic acids is 1. The van der Waals surface area contributed by atoms with Crippen LogP contribution < -0.4 is 0 Å². The van der Waals surface area contributed by atoms with E-state index in [0.29, 0.717) is 31.8 Å². The standard InChI is InChI=1S/C12H21NO3/c1-4-13(5-2)11(14)9-6-8(3)7-10(9)12(15)16/h8-10H,4-7H2,1-3H3,(H,15,16). The van der Waals surface area contributed by atoms with Gasteiger partial charge in [-0.05, 0) is 32.6 Å². The first-order valence-corrected chi connectivity index (χ1v) is 6.02. The quantitative estimate of drug-likeness (QED) is 0.793. The summed E-state index contributed by atoms with van der Waals surface area (Å²) < 4.78 is 0. The Balaban J connectivity index is 2.77. The smallest absolute Gasteiger partial charge is 0.307 e. The topological polar surface area (TPSA) is 57.6 Å². The molecule has 3 atom stereocenters. The van der Waals surface area contributed by atoms with Crippen LogP contribution in [0.4, 0.5) is 0 Å². The number of nitrogens with zero attached hydrogens (tertiary/aromatic N) is 1. The SMILES string of the molecule is CCN(CC)C(=O)C1CC(C)CC1C(=O)O. The van der Waals surface area contributed by atoms with Gasteiger partial charge in [0, 0.05) is 13.1 Å². The minimum absolute atomic E-state index is 0.0155. The molecule has 0 radical (unpaired) electrons. The summed E-state index contributed by atoms with van der Waals surface area (Å²) in [6, 6.07) is 0. The highest BCUT2D eigenvalue weighted by molar-refractivity contribution is 5.85. The summed E-state index contributed by atoms with van der Waals surface area (Å²) >= 11 is 0. The molecule has 4 heteroatoms.